The molecule has 2 rings (SSSR count). The van der Waals surface area contributed by atoms with Gasteiger partial charge in [-0.3, -0.25) is 0 Å². The molecule has 98 valence electrons. The number of piperidine rings is 1. The summed E-state index contributed by atoms with van der Waals surface area (Å²) in [6.45, 7) is 1.17. The Kier molecular flexibility index (Phi) is 4.43. The summed E-state index contributed by atoms with van der Waals surface area (Å²) in [4.78, 5) is 11.1. The molecule has 1 aliphatic rings. The predicted molar refractivity (Wildman–Crippen MR) is 74.6 cm³/mol. The van der Waals surface area contributed by atoms with Crippen LogP contribution in [-0.4, -0.2) is 39.3 Å². The van der Waals surface area contributed by atoms with Crippen LogP contribution >= 0.6 is 12.2 Å². The third-order valence-electron chi connectivity index (χ3n) is 3.27. The summed E-state index contributed by atoms with van der Waals surface area (Å²) >= 11 is 4.86. The molecule has 6 heteroatoms. The molecule has 0 aliphatic carbocycles. The zero-order valence-electron chi connectivity index (χ0n) is 10.2. The number of aliphatic hydroxyl groups is 1. The average molecular weight is 266 g/mol. The van der Waals surface area contributed by atoms with Gasteiger partial charge in [0, 0.05) is 19.2 Å². The van der Waals surface area contributed by atoms with Crippen molar-refractivity contribution in [3.05, 3.63) is 18.1 Å². The lowest BCUT2D eigenvalue weighted by atomic mass is 10.00. The van der Waals surface area contributed by atoms with E-state index < -0.39 is 0 Å². The maximum absolute atomic E-state index is 9.10. The fourth-order valence-corrected chi connectivity index (χ4v) is 2.45. The Morgan fingerprint density at radius 2 is 2.28 bits per heavy atom. The average Bonchev–Trinajstić information content (AvgIpc) is 2.40. The molecule has 1 aromatic heterocycles. The Morgan fingerprint density at radius 1 is 1.44 bits per heavy atom. The molecule has 1 unspecified atom stereocenters. The second kappa shape index (κ2) is 6.06. The second-order valence-corrected chi connectivity index (χ2v) is 4.92. The molecule has 1 fully saturated rings. The fourth-order valence-electron chi connectivity index (χ4n) is 2.35. The Bertz CT molecular complexity index is 407. The highest BCUT2D eigenvalue weighted by molar-refractivity contribution is 7.80. The minimum atomic E-state index is 0.208. The summed E-state index contributed by atoms with van der Waals surface area (Å²) in [6, 6.07) is 0.355. The molecule has 18 heavy (non-hydrogen) atoms. The Labute approximate surface area is 112 Å². The van der Waals surface area contributed by atoms with E-state index in [4.69, 9.17) is 23.1 Å². The first kappa shape index (κ1) is 13.2. The van der Waals surface area contributed by atoms with Crippen molar-refractivity contribution in [3.63, 3.8) is 0 Å². The third kappa shape index (κ3) is 2.94. The molecular formula is C12H18N4OS. The largest absolute Gasteiger partial charge is 0.396 e. The highest BCUT2D eigenvalue weighted by Gasteiger charge is 2.23. The van der Waals surface area contributed by atoms with E-state index in [0.29, 0.717) is 11.7 Å². The minimum Gasteiger partial charge on any atom is -0.396 e. The van der Waals surface area contributed by atoms with E-state index in [9.17, 15) is 0 Å². The van der Waals surface area contributed by atoms with Crippen LogP contribution in [0.1, 0.15) is 31.4 Å². The monoisotopic (exact) mass is 266 g/mol. The van der Waals surface area contributed by atoms with Crippen molar-refractivity contribution < 1.29 is 5.11 Å². The molecule has 1 atom stereocenters. The first-order valence-corrected chi connectivity index (χ1v) is 6.62. The van der Waals surface area contributed by atoms with Crippen LogP contribution in [0.2, 0.25) is 0 Å². The minimum absolute atomic E-state index is 0.208. The molecule has 0 radical (unpaired) electrons. The molecule has 0 saturated carbocycles. The molecule has 3 N–H and O–H groups in total. The third-order valence-corrected chi connectivity index (χ3v) is 3.48. The van der Waals surface area contributed by atoms with Gasteiger partial charge in [0.2, 0.25) is 0 Å². The number of hydrogen-bond donors (Lipinski definition) is 2. The molecule has 2 heterocycles. The van der Waals surface area contributed by atoms with E-state index >= 15 is 0 Å². The van der Waals surface area contributed by atoms with Crippen LogP contribution in [0, 0.1) is 0 Å². The van der Waals surface area contributed by atoms with Crippen molar-refractivity contribution in [2.75, 3.05) is 18.1 Å². The van der Waals surface area contributed by atoms with Gasteiger partial charge in [-0.05, 0) is 25.7 Å². The molecular weight excluding hydrogens is 248 g/mol. The topological polar surface area (TPSA) is 75.3 Å². The van der Waals surface area contributed by atoms with E-state index in [1.54, 1.807) is 12.4 Å². The van der Waals surface area contributed by atoms with Gasteiger partial charge in [-0.1, -0.05) is 12.2 Å². The maximum atomic E-state index is 9.10. The van der Waals surface area contributed by atoms with Crippen molar-refractivity contribution in [1.82, 2.24) is 9.97 Å². The number of nitrogens with two attached hydrogens (primary N) is 1. The van der Waals surface area contributed by atoms with Gasteiger partial charge in [-0.15, -0.1) is 0 Å². The summed E-state index contributed by atoms with van der Waals surface area (Å²) in [7, 11) is 0. The van der Waals surface area contributed by atoms with Crippen LogP contribution in [0.4, 0.5) is 5.82 Å². The SMILES string of the molecule is NC(=S)c1cnc(N2CCCCC2CCO)cn1. The van der Waals surface area contributed by atoms with E-state index in [0.717, 1.165) is 31.6 Å². The number of aliphatic hydroxyl groups excluding tert-OH is 1. The van der Waals surface area contributed by atoms with Crippen molar-refractivity contribution in [2.45, 2.75) is 31.7 Å². The molecule has 1 saturated heterocycles. The molecule has 0 bridgehead atoms. The van der Waals surface area contributed by atoms with E-state index in [2.05, 4.69) is 14.9 Å². The zero-order chi connectivity index (χ0) is 13.0. The molecule has 5 nitrogen and oxygen atoms in total. The van der Waals surface area contributed by atoms with Gasteiger partial charge in [-0.25, -0.2) is 9.97 Å². The van der Waals surface area contributed by atoms with Gasteiger partial charge < -0.3 is 15.7 Å². The van der Waals surface area contributed by atoms with Gasteiger partial charge in [0.25, 0.3) is 0 Å². The summed E-state index contributed by atoms with van der Waals surface area (Å²) in [5.41, 5.74) is 6.05. The van der Waals surface area contributed by atoms with Crippen LogP contribution < -0.4 is 10.6 Å². The highest BCUT2D eigenvalue weighted by atomic mass is 32.1. The Balaban J connectivity index is 2.15. The number of aromatic nitrogens is 2. The lowest BCUT2D eigenvalue weighted by Gasteiger charge is -2.36. The lowest BCUT2D eigenvalue weighted by Crippen LogP contribution is -2.40. The summed E-state index contributed by atoms with van der Waals surface area (Å²) < 4.78 is 0. The summed E-state index contributed by atoms with van der Waals surface area (Å²) in [5, 5.41) is 9.10. The van der Waals surface area contributed by atoms with Gasteiger partial charge in [0.1, 0.15) is 16.5 Å². The Morgan fingerprint density at radius 3 is 2.89 bits per heavy atom. The summed E-state index contributed by atoms with van der Waals surface area (Å²) in [5.74, 6) is 0.841. The van der Waals surface area contributed by atoms with E-state index in [1.807, 2.05) is 0 Å². The first-order valence-electron chi connectivity index (χ1n) is 6.21. The molecule has 1 aromatic rings. The maximum Gasteiger partial charge on any atom is 0.147 e. The quantitative estimate of drug-likeness (QED) is 0.787. The fraction of sp³-hybridized carbons (Fsp3) is 0.583. The molecule has 0 aromatic carbocycles. The number of rotatable bonds is 4. The Hall–Kier alpha value is -1.27. The molecule has 0 spiro atoms. The van der Waals surface area contributed by atoms with Crippen LogP contribution in [0.25, 0.3) is 0 Å². The number of nitrogens with zero attached hydrogens (tertiary/aromatic N) is 3. The van der Waals surface area contributed by atoms with E-state index in [1.165, 1.54) is 6.42 Å². The van der Waals surface area contributed by atoms with Crippen LogP contribution in [0.5, 0.6) is 0 Å². The van der Waals surface area contributed by atoms with Crippen LogP contribution in [0.15, 0.2) is 12.4 Å². The first-order chi connectivity index (χ1) is 8.72. The van der Waals surface area contributed by atoms with E-state index in [-0.39, 0.29) is 11.6 Å². The van der Waals surface area contributed by atoms with Crippen molar-refractivity contribution in [1.29, 1.82) is 0 Å². The van der Waals surface area contributed by atoms with Gasteiger partial charge >= 0.3 is 0 Å². The number of thiocarbonyl (C=S) groups is 1. The van der Waals surface area contributed by atoms with Gasteiger partial charge in [0.15, 0.2) is 0 Å². The summed E-state index contributed by atoms with van der Waals surface area (Å²) in [6.07, 6.45) is 7.56. The number of hydrogen-bond acceptors (Lipinski definition) is 5. The van der Waals surface area contributed by atoms with Gasteiger partial charge in [0.05, 0.1) is 12.4 Å². The zero-order valence-corrected chi connectivity index (χ0v) is 11.1. The normalized spacial score (nSPS) is 19.8. The van der Waals surface area contributed by atoms with Crippen molar-refractivity contribution in [3.8, 4) is 0 Å². The lowest BCUT2D eigenvalue weighted by molar-refractivity contribution is 0.262. The van der Waals surface area contributed by atoms with Crippen molar-refractivity contribution >= 4 is 23.0 Å². The van der Waals surface area contributed by atoms with Crippen LogP contribution in [0.3, 0.4) is 0 Å². The standard InChI is InChI=1S/C12H18N4OS/c13-12(18)10-7-15-11(8-14-10)16-5-2-1-3-9(16)4-6-17/h7-9,17H,1-6H2,(H2,13,18). The second-order valence-electron chi connectivity index (χ2n) is 4.48. The number of anilines is 1. The molecule has 1 aliphatic heterocycles. The smallest absolute Gasteiger partial charge is 0.147 e. The predicted octanol–water partition coefficient (Wildman–Crippen LogP) is 0.852. The van der Waals surface area contributed by atoms with Gasteiger partial charge in [-0.2, -0.15) is 0 Å². The van der Waals surface area contributed by atoms with Crippen LogP contribution in [-0.2, 0) is 0 Å². The van der Waals surface area contributed by atoms with Crippen molar-refractivity contribution in [2.24, 2.45) is 5.73 Å². The highest BCUT2D eigenvalue weighted by Crippen LogP contribution is 2.24. The molecule has 0 amide bonds.